The molecule has 1 aromatic carbocycles. The molecule has 9 nitrogen and oxygen atoms in total. The van der Waals surface area contributed by atoms with E-state index in [0.717, 1.165) is 0 Å². The highest BCUT2D eigenvalue weighted by Gasteiger charge is 2.15. The van der Waals surface area contributed by atoms with Crippen molar-refractivity contribution >= 4 is 40.6 Å². The summed E-state index contributed by atoms with van der Waals surface area (Å²) in [6.07, 6.45) is 3.20. The molecular weight excluding hydrogens is 438 g/mol. The van der Waals surface area contributed by atoms with Gasteiger partial charge in [0.05, 0.1) is 36.7 Å². The van der Waals surface area contributed by atoms with Crippen LogP contribution < -0.4 is 15.8 Å². The van der Waals surface area contributed by atoms with E-state index < -0.39 is 11.7 Å². The average molecular weight is 455 g/mol. The number of carbonyl (C=O) groups excluding carboxylic acids is 1. The maximum atomic E-state index is 13.6. The number of anilines is 2. The Morgan fingerprint density at radius 3 is 2.90 bits per heavy atom. The van der Waals surface area contributed by atoms with E-state index in [4.69, 9.17) is 38.8 Å². The molecule has 0 unspecified atom stereocenters. The van der Waals surface area contributed by atoms with Crippen LogP contribution in [0.3, 0.4) is 0 Å². The number of aromatic nitrogens is 4. The number of hydrogen-bond donors (Lipinski definition) is 3. The molecule has 12 heteroatoms. The van der Waals surface area contributed by atoms with Crippen LogP contribution in [0.2, 0.25) is 10.0 Å². The number of nitrogens with one attached hydrogen (secondary N) is 1. The first kappa shape index (κ1) is 21.8. The fourth-order valence-electron chi connectivity index (χ4n) is 2.52. The van der Waals surface area contributed by atoms with E-state index >= 15 is 0 Å². The monoisotopic (exact) mass is 454 g/mol. The van der Waals surface area contributed by atoms with Crippen molar-refractivity contribution in [1.29, 1.82) is 0 Å². The molecule has 0 spiro atoms. The van der Waals surface area contributed by atoms with E-state index in [9.17, 15) is 9.18 Å². The van der Waals surface area contributed by atoms with Gasteiger partial charge in [0.15, 0.2) is 17.3 Å². The van der Waals surface area contributed by atoms with Gasteiger partial charge in [0.2, 0.25) is 0 Å². The number of benzene rings is 1. The quantitative estimate of drug-likeness (QED) is 0.446. The van der Waals surface area contributed by atoms with E-state index in [1.807, 2.05) is 0 Å². The van der Waals surface area contributed by atoms with Crippen LogP contribution in [-0.2, 0) is 13.0 Å². The van der Waals surface area contributed by atoms with Gasteiger partial charge in [-0.1, -0.05) is 23.2 Å². The van der Waals surface area contributed by atoms with Gasteiger partial charge < -0.3 is 20.9 Å². The van der Waals surface area contributed by atoms with Crippen LogP contribution in [-0.4, -0.2) is 44.2 Å². The molecule has 3 aromatic rings. The van der Waals surface area contributed by atoms with Crippen LogP contribution in [0.15, 0.2) is 30.6 Å². The van der Waals surface area contributed by atoms with Gasteiger partial charge in [-0.2, -0.15) is 5.10 Å². The second-order valence-corrected chi connectivity index (χ2v) is 6.85. The summed E-state index contributed by atoms with van der Waals surface area (Å²) in [6, 6.07) is 3.93. The highest BCUT2D eigenvalue weighted by molar-refractivity contribution is 6.36. The molecule has 0 saturated carbocycles. The van der Waals surface area contributed by atoms with Gasteiger partial charge in [0, 0.05) is 23.7 Å². The van der Waals surface area contributed by atoms with Crippen molar-refractivity contribution in [1.82, 2.24) is 20.0 Å². The fraction of sp³-hybridized carbons (Fsp3) is 0.222. The highest BCUT2D eigenvalue weighted by atomic mass is 35.5. The van der Waals surface area contributed by atoms with Crippen LogP contribution in [0.5, 0.6) is 5.75 Å². The van der Waals surface area contributed by atoms with Crippen LogP contribution in [0.25, 0.3) is 0 Å². The normalized spacial score (nSPS) is 10.8. The number of nitrogen functional groups attached to an aromatic ring is 1. The van der Waals surface area contributed by atoms with Gasteiger partial charge in [0.25, 0.3) is 5.91 Å². The molecule has 0 fully saturated rings. The second-order valence-electron chi connectivity index (χ2n) is 6.07. The lowest BCUT2D eigenvalue weighted by Crippen LogP contribution is -2.15. The van der Waals surface area contributed by atoms with E-state index in [2.05, 4.69) is 20.6 Å². The molecule has 0 saturated heterocycles. The third-order valence-electron chi connectivity index (χ3n) is 3.99. The maximum Gasteiger partial charge on any atom is 0.276 e. The summed E-state index contributed by atoms with van der Waals surface area (Å²) < 4.78 is 20.7. The molecule has 0 atom stereocenters. The molecule has 0 bridgehead atoms. The number of ether oxygens (including phenoxy) is 1. The zero-order valence-electron chi connectivity index (χ0n) is 15.5. The Morgan fingerprint density at radius 2 is 2.13 bits per heavy atom. The summed E-state index contributed by atoms with van der Waals surface area (Å²) >= 11 is 12.0. The van der Waals surface area contributed by atoms with E-state index in [-0.39, 0.29) is 41.9 Å². The summed E-state index contributed by atoms with van der Waals surface area (Å²) in [4.78, 5) is 12.4. The van der Waals surface area contributed by atoms with Gasteiger partial charge >= 0.3 is 0 Å². The van der Waals surface area contributed by atoms with Crippen LogP contribution in [0.4, 0.5) is 15.9 Å². The topological polar surface area (TPSA) is 128 Å². The lowest BCUT2D eigenvalue weighted by Gasteiger charge is -2.11. The standard InChI is InChI=1S/C18H17Cl2FN6O3/c19-12-1-2-13(21)16(20)11(12)3-6-30-15-7-14(25-26-17(15)22)18(29)24-10-8-23-27(9-10)4-5-28/h1-2,7-9,28H,3-6H2,(H2,22,26)(H,24,29). The minimum Gasteiger partial charge on any atom is -0.489 e. The highest BCUT2D eigenvalue weighted by Crippen LogP contribution is 2.28. The molecule has 0 radical (unpaired) electrons. The van der Waals surface area contributed by atoms with Crippen molar-refractivity contribution in [3.05, 3.63) is 57.7 Å². The summed E-state index contributed by atoms with van der Waals surface area (Å²) in [5, 5.41) is 23.2. The van der Waals surface area contributed by atoms with Gasteiger partial charge in [-0.05, 0) is 17.7 Å². The fourth-order valence-corrected chi connectivity index (χ4v) is 3.08. The summed E-state index contributed by atoms with van der Waals surface area (Å²) in [7, 11) is 0. The summed E-state index contributed by atoms with van der Waals surface area (Å²) in [6.45, 7) is 0.286. The Balaban J connectivity index is 1.66. The largest absolute Gasteiger partial charge is 0.489 e. The van der Waals surface area contributed by atoms with Crippen molar-refractivity contribution in [3.63, 3.8) is 0 Å². The predicted octanol–water partition coefficient (Wildman–Crippen LogP) is 2.57. The Kier molecular flexibility index (Phi) is 7.03. The van der Waals surface area contributed by atoms with Crippen LogP contribution >= 0.6 is 23.2 Å². The number of hydrogen-bond acceptors (Lipinski definition) is 7. The first-order valence-corrected chi connectivity index (χ1v) is 9.47. The van der Waals surface area contributed by atoms with E-state index in [1.54, 1.807) is 6.20 Å². The average Bonchev–Trinajstić information content (AvgIpc) is 3.16. The smallest absolute Gasteiger partial charge is 0.276 e. The molecule has 158 valence electrons. The molecule has 30 heavy (non-hydrogen) atoms. The Morgan fingerprint density at radius 1 is 1.33 bits per heavy atom. The molecule has 0 aliphatic rings. The number of nitrogens with zero attached hydrogens (tertiary/aromatic N) is 4. The first-order chi connectivity index (χ1) is 14.4. The van der Waals surface area contributed by atoms with Crippen LogP contribution in [0.1, 0.15) is 16.1 Å². The zero-order valence-corrected chi connectivity index (χ0v) is 17.0. The number of halogens is 3. The molecule has 2 heterocycles. The number of rotatable bonds is 8. The number of amides is 1. The minimum atomic E-state index is -0.581. The van der Waals surface area contributed by atoms with Crippen molar-refractivity contribution in [2.45, 2.75) is 13.0 Å². The SMILES string of the molecule is Nc1nnc(C(=O)Nc2cnn(CCO)c2)cc1OCCc1c(Cl)ccc(F)c1Cl. The third-order valence-corrected chi connectivity index (χ3v) is 4.75. The predicted molar refractivity (Wildman–Crippen MR) is 109 cm³/mol. The van der Waals surface area contributed by atoms with Crippen molar-refractivity contribution in [3.8, 4) is 5.75 Å². The summed E-state index contributed by atoms with van der Waals surface area (Å²) in [5.74, 6) is -1.01. The van der Waals surface area contributed by atoms with E-state index in [1.165, 1.54) is 29.1 Å². The second kappa shape index (κ2) is 9.70. The number of nitrogens with two attached hydrogens (primary N) is 1. The molecule has 0 aliphatic heterocycles. The lowest BCUT2D eigenvalue weighted by atomic mass is 10.1. The van der Waals surface area contributed by atoms with Crippen LogP contribution in [0, 0.1) is 5.82 Å². The number of carbonyl (C=O) groups is 1. The zero-order chi connectivity index (χ0) is 21.7. The number of aliphatic hydroxyl groups excluding tert-OH is 1. The van der Waals surface area contributed by atoms with Gasteiger partial charge in [-0.3, -0.25) is 9.48 Å². The third kappa shape index (κ3) is 5.15. The van der Waals surface area contributed by atoms with Gasteiger partial charge in [0.1, 0.15) is 5.82 Å². The van der Waals surface area contributed by atoms with Crippen molar-refractivity contribution in [2.24, 2.45) is 0 Å². The van der Waals surface area contributed by atoms with Gasteiger partial charge in [-0.25, -0.2) is 4.39 Å². The van der Waals surface area contributed by atoms with E-state index in [0.29, 0.717) is 22.8 Å². The maximum absolute atomic E-state index is 13.6. The minimum absolute atomic E-state index is 0.0150. The lowest BCUT2D eigenvalue weighted by molar-refractivity contribution is 0.102. The molecular formula is C18H17Cl2FN6O3. The Hall–Kier alpha value is -2.95. The first-order valence-electron chi connectivity index (χ1n) is 8.72. The number of aliphatic hydroxyl groups is 1. The molecule has 2 aromatic heterocycles. The molecule has 4 N–H and O–H groups in total. The van der Waals surface area contributed by atoms with Crippen molar-refractivity contribution < 1.29 is 19.0 Å². The molecule has 1 amide bonds. The van der Waals surface area contributed by atoms with Crippen molar-refractivity contribution in [2.75, 3.05) is 24.3 Å². The Bertz CT molecular complexity index is 1060. The summed E-state index contributed by atoms with van der Waals surface area (Å²) in [5.41, 5.74) is 6.55. The Labute approximate surface area is 180 Å². The molecule has 3 rings (SSSR count). The van der Waals surface area contributed by atoms with Gasteiger partial charge in [-0.15, -0.1) is 10.2 Å². The molecule has 0 aliphatic carbocycles.